The molecule has 5 rings (SSSR count). The van der Waals surface area contributed by atoms with E-state index in [2.05, 4.69) is 20.9 Å². The van der Waals surface area contributed by atoms with Gasteiger partial charge in [-0.2, -0.15) is 5.26 Å². The number of benzene rings is 1. The summed E-state index contributed by atoms with van der Waals surface area (Å²) in [6.45, 7) is 4.75. The molecule has 1 saturated heterocycles. The Bertz CT molecular complexity index is 1420. The van der Waals surface area contributed by atoms with E-state index < -0.39 is 15.6 Å². The topological polar surface area (TPSA) is 102 Å². The van der Waals surface area contributed by atoms with Gasteiger partial charge in [0.25, 0.3) is 10.0 Å². The second-order valence-electron chi connectivity index (χ2n) is 11.2. The normalized spacial score (nSPS) is 24.5. The van der Waals surface area contributed by atoms with Gasteiger partial charge in [0, 0.05) is 44.0 Å². The van der Waals surface area contributed by atoms with Crippen LogP contribution in [0.3, 0.4) is 0 Å². The van der Waals surface area contributed by atoms with Gasteiger partial charge in [0.05, 0.1) is 21.7 Å². The van der Waals surface area contributed by atoms with Gasteiger partial charge in [0.1, 0.15) is 6.07 Å². The van der Waals surface area contributed by atoms with Gasteiger partial charge in [0.15, 0.2) is 5.65 Å². The van der Waals surface area contributed by atoms with Crippen molar-refractivity contribution in [3.05, 3.63) is 54.4 Å². The maximum Gasteiger partial charge on any atom is 0.269 e. The number of hydrogen-bond acceptors (Lipinski definition) is 7. The van der Waals surface area contributed by atoms with Crippen LogP contribution in [0.4, 0.5) is 5.69 Å². The van der Waals surface area contributed by atoms with Crippen LogP contribution in [-0.2, 0) is 10.0 Å². The van der Waals surface area contributed by atoms with Crippen molar-refractivity contribution in [1.29, 1.82) is 5.26 Å². The molecule has 0 amide bonds. The molecule has 2 aromatic heterocycles. The third-order valence-corrected chi connectivity index (χ3v) is 10.1. The first-order valence-corrected chi connectivity index (χ1v) is 15.0. The third kappa shape index (κ3) is 5.31. The lowest BCUT2D eigenvalue weighted by atomic mass is 9.82. The van der Waals surface area contributed by atoms with Crippen LogP contribution in [0.5, 0.6) is 0 Å². The van der Waals surface area contributed by atoms with E-state index in [1.165, 1.54) is 22.8 Å². The summed E-state index contributed by atoms with van der Waals surface area (Å²) in [4.78, 5) is 9.14. The molecule has 9 heteroatoms. The summed E-state index contributed by atoms with van der Waals surface area (Å²) in [5.41, 5.74) is 1.02. The number of fused-ring (bicyclic) bond motifs is 1. The van der Waals surface area contributed by atoms with Gasteiger partial charge in [-0.3, -0.25) is 0 Å². The van der Waals surface area contributed by atoms with E-state index in [1.807, 2.05) is 14.0 Å². The molecule has 1 aliphatic heterocycles. The lowest BCUT2D eigenvalue weighted by Crippen LogP contribution is -2.36. The Hall–Kier alpha value is -2.93. The van der Waals surface area contributed by atoms with Crippen LogP contribution in [-0.4, -0.2) is 65.7 Å². The van der Waals surface area contributed by atoms with Gasteiger partial charge >= 0.3 is 0 Å². The minimum absolute atomic E-state index is 0.201. The highest BCUT2D eigenvalue weighted by atomic mass is 32.2. The molecule has 38 heavy (non-hydrogen) atoms. The van der Waals surface area contributed by atoms with Crippen molar-refractivity contribution in [3.63, 3.8) is 0 Å². The van der Waals surface area contributed by atoms with Gasteiger partial charge in [-0.25, -0.2) is 17.4 Å². The van der Waals surface area contributed by atoms with Crippen molar-refractivity contribution in [2.45, 2.75) is 68.4 Å². The monoisotopic (exact) mass is 535 g/mol. The van der Waals surface area contributed by atoms with Crippen molar-refractivity contribution in [3.8, 4) is 6.07 Å². The second kappa shape index (κ2) is 10.7. The van der Waals surface area contributed by atoms with E-state index in [4.69, 9.17) is 0 Å². The Labute approximate surface area is 225 Å². The van der Waals surface area contributed by atoms with E-state index in [1.54, 1.807) is 36.4 Å². The Morgan fingerprint density at radius 3 is 2.58 bits per heavy atom. The molecule has 1 atom stereocenters. The van der Waals surface area contributed by atoms with E-state index in [0.29, 0.717) is 22.5 Å². The van der Waals surface area contributed by atoms with Crippen LogP contribution in [0.15, 0.2) is 53.7 Å². The molecule has 0 spiro atoms. The maximum absolute atomic E-state index is 13.3. The molecule has 1 aromatic carbocycles. The molecule has 8 nitrogen and oxygen atoms in total. The minimum atomic E-state index is -3.80. The fourth-order valence-electron chi connectivity index (χ4n) is 6.25. The predicted octanol–water partition coefficient (Wildman–Crippen LogP) is 4.38. The van der Waals surface area contributed by atoms with Crippen LogP contribution in [0.1, 0.15) is 57.4 Å². The number of aromatic nitrogens is 2. The molecule has 3 heterocycles. The van der Waals surface area contributed by atoms with Crippen LogP contribution in [0.25, 0.3) is 11.0 Å². The van der Waals surface area contributed by atoms with Gasteiger partial charge in [0.2, 0.25) is 0 Å². The number of anilines is 1. The molecular formula is C29H37N5O3S. The van der Waals surface area contributed by atoms with E-state index in [-0.39, 0.29) is 10.9 Å². The van der Waals surface area contributed by atoms with Gasteiger partial charge in [-0.15, -0.1) is 0 Å². The van der Waals surface area contributed by atoms with Gasteiger partial charge < -0.3 is 14.9 Å². The van der Waals surface area contributed by atoms with Crippen molar-refractivity contribution in [2.24, 2.45) is 5.92 Å². The zero-order chi connectivity index (χ0) is 26.9. The summed E-state index contributed by atoms with van der Waals surface area (Å²) >= 11 is 0. The molecule has 2 fully saturated rings. The fraction of sp³-hybridized carbons (Fsp3) is 0.517. The highest BCUT2D eigenvalue weighted by Crippen LogP contribution is 2.37. The Morgan fingerprint density at radius 1 is 1.18 bits per heavy atom. The lowest BCUT2D eigenvalue weighted by Gasteiger charge is -2.36. The number of β-amino-alcohol motifs (C(OH)–C–C–N with tert-alkyl or cyclic N) is 1. The highest BCUT2D eigenvalue weighted by molar-refractivity contribution is 7.90. The maximum atomic E-state index is 13.3. The number of hydrogen-bond donors (Lipinski definition) is 1. The summed E-state index contributed by atoms with van der Waals surface area (Å²) in [7, 11) is -1.79. The summed E-state index contributed by atoms with van der Waals surface area (Å²) in [5.74, 6) is 0.702. The molecule has 1 aliphatic carbocycles. The molecule has 1 unspecified atom stereocenters. The third-order valence-electron chi connectivity index (χ3n) is 8.41. The number of rotatable bonds is 8. The largest absolute Gasteiger partial charge is 0.389 e. The van der Waals surface area contributed by atoms with Crippen molar-refractivity contribution >= 4 is 26.7 Å². The average molecular weight is 536 g/mol. The molecular weight excluding hydrogens is 498 g/mol. The van der Waals surface area contributed by atoms with E-state index in [9.17, 15) is 18.8 Å². The second-order valence-corrected chi connectivity index (χ2v) is 13.1. The quantitative estimate of drug-likeness (QED) is 0.457. The van der Waals surface area contributed by atoms with Crippen LogP contribution in [0, 0.1) is 17.2 Å². The number of pyridine rings is 1. The summed E-state index contributed by atoms with van der Waals surface area (Å²) in [5, 5.41) is 20.7. The van der Waals surface area contributed by atoms with Crippen molar-refractivity contribution in [1.82, 2.24) is 13.9 Å². The number of aliphatic hydroxyl groups is 1. The Morgan fingerprint density at radius 2 is 1.92 bits per heavy atom. The SMILES string of the molecule is CN(c1c(C#N)cnc2c1ccn2S(=O)(=O)c1ccccc1)[C@H]1CC[C@H](CCCN2CCC(C)(O)C2)CC1. The summed E-state index contributed by atoms with van der Waals surface area (Å²) in [6.07, 6.45) is 10.6. The number of nitrogens with zero attached hydrogens (tertiary/aromatic N) is 5. The van der Waals surface area contributed by atoms with Gasteiger partial charge in [-0.05, 0) is 82.5 Å². The number of nitriles is 1. The molecule has 0 bridgehead atoms. The predicted molar refractivity (Wildman–Crippen MR) is 149 cm³/mol. The minimum Gasteiger partial charge on any atom is -0.389 e. The van der Waals surface area contributed by atoms with Gasteiger partial charge in [-0.1, -0.05) is 18.2 Å². The Balaban J connectivity index is 1.28. The molecule has 202 valence electrons. The van der Waals surface area contributed by atoms with E-state index >= 15 is 0 Å². The first-order chi connectivity index (χ1) is 18.2. The average Bonchev–Trinajstić information content (AvgIpc) is 3.51. The summed E-state index contributed by atoms with van der Waals surface area (Å²) in [6, 6.07) is 12.6. The van der Waals surface area contributed by atoms with Crippen LogP contribution in [0.2, 0.25) is 0 Å². The van der Waals surface area contributed by atoms with E-state index in [0.717, 1.165) is 63.8 Å². The van der Waals surface area contributed by atoms with Crippen molar-refractivity contribution in [2.75, 3.05) is 31.6 Å². The molecule has 3 aromatic rings. The summed E-state index contributed by atoms with van der Waals surface area (Å²) < 4.78 is 27.8. The standard InChI is InChI=1S/C29H37N5O3S/c1-29(35)15-18-33(21-29)16-6-7-22-10-12-24(13-11-22)32(2)27-23(19-30)20-31-28-26(27)14-17-34(28)38(36,37)25-8-4-3-5-9-25/h3-5,8-9,14,17,20,22,24,35H,6-7,10-13,15-16,18,21H2,1-2H3/t22-,24-,29?. The van der Waals surface area contributed by atoms with Crippen molar-refractivity contribution < 1.29 is 13.5 Å². The lowest BCUT2D eigenvalue weighted by molar-refractivity contribution is 0.0683. The number of likely N-dealkylation sites (tertiary alicyclic amines) is 1. The molecule has 2 aliphatic rings. The zero-order valence-electron chi connectivity index (χ0n) is 22.3. The Kier molecular flexibility index (Phi) is 7.49. The molecule has 0 radical (unpaired) electrons. The zero-order valence-corrected chi connectivity index (χ0v) is 23.1. The first-order valence-electron chi connectivity index (χ1n) is 13.6. The highest BCUT2D eigenvalue weighted by Gasteiger charge is 2.32. The fourth-order valence-corrected chi connectivity index (χ4v) is 7.57. The first kappa shape index (κ1) is 26.7. The smallest absolute Gasteiger partial charge is 0.269 e. The van der Waals surface area contributed by atoms with Crippen LogP contribution >= 0.6 is 0 Å². The van der Waals surface area contributed by atoms with Crippen LogP contribution < -0.4 is 4.90 Å². The molecule has 1 N–H and O–H groups in total. The molecule has 1 saturated carbocycles.